The van der Waals surface area contributed by atoms with E-state index in [-0.39, 0.29) is 0 Å². The summed E-state index contributed by atoms with van der Waals surface area (Å²) in [5.41, 5.74) is 0.759. The molecule has 0 atom stereocenters. The first-order chi connectivity index (χ1) is 13.0. The minimum absolute atomic E-state index is 0.423. The average Bonchev–Trinajstić information content (AvgIpc) is 3.27. The van der Waals surface area contributed by atoms with Gasteiger partial charge in [-0.3, -0.25) is 0 Å². The van der Waals surface area contributed by atoms with Crippen LogP contribution in [0.2, 0.25) is 0 Å². The van der Waals surface area contributed by atoms with E-state index in [9.17, 15) is 8.42 Å². The molecule has 0 bridgehead atoms. The van der Waals surface area contributed by atoms with Crippen LogP contribution in [0, 0.1) is 6.92 Å². The Bertz CT molecular complexity index is 1090. The topological polar surface area (TPSA) is 83.7 Å². The minimum atomic E-state index is -3.40. The van der Waals surface area contributed by atoms with Crippen molar-refractivity contribution in [3.8, 4) is 0 Å². The van der Waals surface area contributed by atoms with Gasteiger partial charge in [0.25, 0.3) is 10.0 Å². The molecular formula is C17H20N6O2S2. The summed E-state index contributed by atoms with van der Waals surface area (Å²) in [5, 5.41) is 13.2. The number of aryl methyl sites for hydroxylation is 1. The summed E-state index contributed by atoms with van der Waals surface area (Å²) in [6, 6.07) is 7.42. The van der Waals surface area contributed by atoms with Crippen molar-refractivity contribution in [2.75, 3.05) is 31.1 Å². The molecule has 1 aliphatic carbocycles. The van der Waals surface area contributed by atoms with E-state index in [4.69, 9.17) is 5.10 Å². The molecular weight excluding hydrogens is 384 g/mol. The number of sulfonamides is 1. The summed E-state index contributed by atoms with van der Waals surface area (Å²) in [5.74, 6) is 2.24. The van der Waals surface area contributed by atoms with Crippen LogP contribution in [0.3, 0.4) is 0 Å². The highest BCUT2D eigenvalue weighted by molar-refractivity contribution is 7.91. The number of aromatic nitrogens is 4. The lowest BCUT2D eigenvalue weighted by Gasteiger charge is -2.34. The molecule has 0 amide bonds. The fraction of sp³-hybridized carbons (Fsp3) is 0.471. The van der Waals surface area contributed by atoms with Crippen molar-refractivity contribution in [1.82, 2.24) is 24.1 Å². The van der Waals surface area contributed by atoms with Crippen molar-refractivity contribution in [2.45, 2.75) is 29.9 Å². The third-order valence-corrected chi connectivity index (χ3v) is 8.45. The average molecular weight is 405 g/mol. The second-order valence-electron chi connectivity index (χ2n) is 7.05. The monoisotopic (exact) mass is 404 g/mol. The fourth-order valence-corrected chi connectivity index (χ4v) is 6.26. The van der Waals surface area contributed by atoms with Gasteiger partial charge in [0.05, 0.1) is 0 Å². The molecule has 8 nitrogen and oxygen atoms in total. The van der Waals surface area contributed by atoms with Crippen LogP contribution in [-0.4, -0.2) is 58.7 Å². The molecule has 4 heterocycles. The Hall–Kier alpha value is -2.04. The molecule has 3 aromatic heterocycles. The van der Waals surface area contributed by atoms with Gasteiger partial charge in [-0.05, 0) is 44.0 Å². The van der Waals surface area contributed by atoms with Crippen LogP contribution in [0.4, 0.5) is 5.82 Å². The van der Waals surface area contributed by atoms with E-state index in [0.717, 1.165) is 35.0 Å². The standard InChI is InChI=1S/C17H20N6O2S2/c1-12-2-7-16(26-12)27(24,25)22-10-8-21(9-11-22)15-6-5-14-18-19-17(13-3-4-13)23(14)20-15/h2,5-7,13H,3-4,8-11H2,1H3. The van der Waals surface area contributed by atoms with Crippen molar-refractivity contribution < 1.29 is 8.42 Å². The first kappa shape index (κ1) is 17.1. The van der Waals surface area contributed by atoms with Gasteiger partial charge >= 0.3 is 0 Å². The molecule has 2 fully saturated rings. The molecule has 0 spiro atoms. The molecule has 0 N–H and O–H groups in total. The van der Waals surface area contributed by atoms with Gasteiger partial charge in [-0.2, -0.15) is 8.82 Å². The van der Waals surface area contributed by atoms with E-state index in [1.807, 2.05) is 29.6 Å². The molecule has 1 aliphatic heterocycles. The SMILES string of the molecule is Cc1ccc(S(=O)(=O)N2CCN(c3ccc4nnc(C5CC5)n4n3)CC2)s1. The molecule has 142 valence electrons. The number of thiophene rings is 1. The third-order valence-electron chi connectivity index (χ3n) is 5.09. The van der Waals surface area contributed by atoms with Crippen LogP contribution in [0.5, 0.6) is 0 Å². The Morgan fingerprint density at radius 3 is 2.48 bits per heavy atom. The van der Waals surface area contributed by atoms with Gasteiger partial charge in [-0.1, -0.05) is 0 Å². The number of hydrogen-bond acceptors (Lipinski definition) is 7. The lowest BCUT2D eigenvalue weighted by atomic mass is 10.3. The molecule has 10 heteroatoms. The third kappa shape index (κ3) is 3.01. The number of piperazine rings is 1. The van der Waals surface area contributed by atoms with Crippen LogP contribution in [0.15, 0.2) is 28.5 Å². The Morgan fingerprint density at radius 1 is 1.04 bits per heavy atom. The van der Waals surface area contributed by atoms with Crippen molar-refractivity contribution in [1.29, 1.82) is 0 Å². The molecule has 0 radical (unpaired) electrons. The van der Waals surface area contributed by atoms with Gasteiger partial charge in [-0.25, -0.2) is 8.42 Å². The number of anilines is 1. The van der Waals surface area contributed by atoms with Crippen LogP contribution >= 0.6 is 11.3 Å². The normalized spacial score (nSPS) is 19.1. The van der Waals surface area contributed by atoms with Gasteiger partial charge in [0.2, 0.25) is 0 Å². The Balaban J connectivity index is 1.34. The molecule has 1 saturated heterocycles. The largest absolute Gasteiger partial charge is 0.353 e. The van der Waals surface area contributed by atoms with E-state index < -0.39 is 10.0 Å². The zero-order valence-electron chi connectivity index (χ0n) is 14.9. The highest BCUT2D eigenvalue weighted by atomic mass is 32.2. The quantitative estimate of drug-likeness (QED) is 0.660. The zero-order valence-corrected chi connectivity index (χ0v) is 16.6. The second-order valence-corrected chi connectivity index (χ2v) is 10.5. The highest BCUT2D eigenvalue weighted by Crippen LogP contribution is 2.38. The number of nitrogens with zero attached hydrogens (tertiary/aromatic N) is 6. The van der Waals surface area contributed by atoms with Crippen molar-refractivity contribution >= 4 is 32.8 Å². The fourth-order valence-electron chi connectivity index (χ4n) is 3.40. The Labute approximate surface area is 161 Å². The first-order valence-electron chi connectivity index (χ1n) is 9.06. The lowest BCUT2D eigenvalue weighted by molar-refractivity contribution is 0.384. The molecule has 27 heavy (non-hydrogen) atoms. The maximum Gasteiger partial charge on any atom is 0.252 e. The van der Waals surface area contributed by atoms with E-state index in [0.29, 0.717) is 36.3 Å². The van der Waals surface area contributed by atoms with Crippen LogP contribution in [0.25, 0.3) is 5.65 Å². The van der Waals surface area contributed by atoms with E-state index in [1.165, 1.54) is 11.3 Å². The molecule has 3 aromatic rings. The summed E-state index contributed by atoms with van der Waals surface area (Å²) in [6.45, 7) is 4.06. The van der Waals surface area contributed by atoms with Crippen LogP contribution in [0.1, 0.15) is 29.5 Å². The lowest BCUT2D eigenvalue weighted by Crippen LogP contribution is -2.48. The molecule has 0 unspecified atom stereocenters. The molecule has 5 rings (SSSR count). The maximum atomic E-state index is 12.8. The zero-order chi connectivity index (χ0) is 18.6. The maximum absolute atomic E-state index is 12.8. The van der Waals surface area contributed by atoms with E-state index in [2.05, 4.69) is 15.1 Å². The van der Waals surface area contributed by atoms with Crippen LogP contribution < -0.4 is 4.90 Å². The molecule has 1 saturated carbocycles. The van der Waals surface area contributed by atoms with Gasteiger partial charge in [-0.15, -0.1) is 26.6 Å². The van der Waals surface area contributed by atoms with Crippen LogP contribution in [-0.2, 0) is 10.0 Å². The predicted octanol–water partition coefficient (Wildman–Crippen LogP) is 1.88. The van der Waals surface area contributed by atoms with Crippen molar-refractivity contribution in [3.63, 3.8) is 0 Å². The van der Waals surface area contributed by atoms with Gasteiger partial charge in [0.1, 0.15) is 10.0 Å². The number of fused-ring (bicyclic) bond motifs is 1. The summed E-state index contributed by atoms with van der Waals surface area (Å²) >= 11 is 1.33. The van der Waals surface area contributed by atoms with Gasteiger partial charge in [0, 0.05) is 37.0 Å². The minimum Gasteiger partial charge on any atom is -0.353 e. The molecule has 0 aromatic carbocycles. The molecule has 2 aliphatic rings. The Kier molecular flexibility index (Phi) is 3.95. The first-order valence-corrected chi connectivity index (χ1v) is 11.3. The summed E-state index contributed by atoms with van der Waals surface area (Å²) in [7, 11) is -3.40. The highest BCUT2D eigenvalue weighted by Gasteiger charge is 2.31. The predicted molar refractivity (Wildman–Crippen MR) is 103 cm³/mol. The van der Waals surface area contributed by atoms with Gasteiger partial charge in [0.15, 0.2) is 11.5 Å². The smallest absolute Gasteiger partial charge is 0.252 e. The van der Waals surface area contributed by atoms with Gasteiger partial charge < -0.3 is 4.90 Å². The van der Waals surface area contributed by atoms with E-state index >= 15 is 0 Å². The second kappa shape index (κ2) is 6.25. The van der Waals surface area contributed by atoms with Crippen molar-refractivity contribution in [3.05, 3.63) is 35.0 Å². The summed E-state index contributed by atoms with van der Waals surface area (Å²) in [4.78, 5) is 3.13. The van der Waals surface area contributed by atoms with Crippen molar-refractivity contribution in [2.24, 2.45) is 0 Å². The summed E-state index contributed by atoms with van der Waals surface area (Å²) in [6.07, 6.45) is 2.29. The number of rotatable bonds is 4. The summed E-state index contributed by atoms with van der Waals surface area (Å²) < 4.78 is 29.4. The van der Waals surface area contributed by atoms with E-state index in [1.54, 1.807) is 10.4 Å². The number of hydrogen-bond donors (Lipinski definition) is 0. The Morgan fingerprint density at radius 2 is 1.81 bits per heavy atom.